The van der Waals surface area contributed by atoms with Crippen LogP contribution in [0, 0.1) is 0 Å². The zero-order valence-electron chi connectivity index (χ0n) is 8.31. The number of rotatable bonds is 3. The summed E-state index contributed by atoms with van der Waals surface area (Å²) in [6.07, 6.45) is -5.56. The smallest absolute Gasteiger partial charge is 0.191 e. The van der Waals surface area contributed by atoms with Gasteiger partial charge in [-0.1, -0.05) is 25.1 Å². The zero-order chi connectivity index (χ0) is 12.4. The molecule has 0 nitrogen and oxygen atoms in total. The van der Waals surface area contributed by atoms with Crippen molar-refractivity contribution < 1.29 is 22.0 Å². The van der Waals surface area contributed by atoms with E-state index < -0.39 is 17.7 Å². The van der Waals surface area contributed by atoms with Gasteiger partial charge in [-0.05, 0) is 11.8 Å². The van der Waals surface area contributed by atoms with Gasteiger partial charge in [0.2, 0.25) is 0 Å². The largest absolute Gasteiger partial charge is 0.458 e. The van der Waals surface area contributed by atoms with E-state index >= 15 is 0 Å². The molecule has 0 unspecified atom stereocenters. The first-order valence-corrected chi connectivity index (χ1v) is 5.46. The molecule has 0 aliphatic heterocycles. The SMILES string of the molecule is CCSc1ccccc1C(F)(F)C(F)(F)F. The van der Waals surface area contributed by atoms with Gasteiger partial charge < -0.3 is 0 Å². The number of hydrogen-bond acceptors (Lipinski definition) is 1. The molecule has 0 bridgehead atoms. The highest BCUT2D eigenvalue weighted by Crippen LogP contribution is 2.46. The van der Waals surface area contributed by atoms with Crippen LogP contribution in [-0.4, -0.2) is 11.9 Å². The van der Waals surface area contributed by atoms with Crippen LogP contribution in [0.3, 0.4) is 0 Å². The monoisotopic (exact) mass is 256 g/mol. The summed E-state index contributed by atoms with van der Waals surface area (Å²) in [5.41, 5.74) is -0.977. The molecule has 0 radical (unpaired) electrons. The maximum absolute atomic E-state index is 13.1. The summed E-state index contributed by atoms with van der Waals surface area (Å²) in [6.45, 7) is 1.69. The van der Waals surface area contributed by atoms with Crippen LogP contribution in [-0.2, 0) is 5.92 Å². The molecule has 0 aromatic heterocycles. The molecule has 0 saturated heterocycles. The summed E-state index contributed by atoms with van der Waals surface area (Å²) >= 11 is 0.965. The average molecular weight is 256 g/mol. The van der Waals surface area contributed by atoms with Crippen LogP contribution in [0.2, 0.25) is 0 Å². The van der Waals surface area contributed by atoms with Crippen LogP contribution < -0.4 is 0 Å². The second-order valence-electron chi connectivity index (χ2n) is 3.00. The second kappa shape index (κ2) is 4.61. The Hall–Kier alpha value is -0.780. The molecule has 16 heavy (non-hydrogen) atoms. The van der Waals surface area contributed by atoms with Crippen molar-refractivity contribution in [2.75, 3.05) is 5.75 Å². The standard InChI is InChI=1S/C10H9F5S/c1-2-16-8-6-4-3-5-7(8)9(11,12)10(13,14)15/h3-6H,2H2,1H3. The van der Waals surface area contributed by atoms with Crippen molar-refractivity contribution in [3.63, 3.8) is 0 Å². The van der Waals surface area contributed by atoms with Crippen LogP contribution in [0.5, 0.6) is 0 Å². The maximum Gasteiger partial charge on any atom is 0.458 e. The van der Waals surface area contributed by atoms with Gasteiger partial charge in [-0.15, -0.1) is 11.8 Å². The quantitative estimate of drug-likeness (QED) is 0.568. The summed E-state index contributed by atoms with van der Waals surface area (Å²) in [7, 11) is 0. The summed E-state index contributed by atoms with van der Waals surface area (Å²) in [4.78, 5) is -0.0349. The number of alkyl halides is 5. The van der Waals surface area contributed by atoms with E-state index in [1.54, 1.807) is 6.92 Å². The van der Waals surface area contributed by atoms with Gasteiger partial charge in [0.15, 0.2) is 0 Å². The lowest BCUT2D eigenvalue weighted by molar-refractivity contribution is -0.290. The first-order chi connectivity index (χ1) is 7.30. The van der Waals surface area contributed by atoms with Crippen molar-refractivity contribution in [1.82, 2.24) is 0 Å². The van der Waals surface area contributed by atoms with Gasteiger partial charge in [0.05, 0.1) is 0 Å². The predicted molar refractivity (Wildman–Crippen MR) is 52.8 cm³/mol. The van der Waals surface area contributed by atoms with Gasteiger partial charge in [0, 0.05) is 10.5 Å². The van der Waals surface area contributed by atoms with Crippen LogP contribution in [0.15, 0.2) is 29.2 Å². The third-order valence-electron chi connectivity index (χ3n) is 1.88. The minimum Gasteiger partial charge on any atom is -0.191 e. The maximum atomic E-state index is 13.1. The molecule has 0 fully saturated rings. The molecule has 0 N–H and O–H groups in total. The topological polar surface area (TPSA) is 0 Å². The summed E-state index contributed by atoms with van der Waals surface area (Å²) in [5.74, 6) is -4.36. The van der Waals surface area contributed by atoms with Gasteiger partial charge >= 0.3 is 12.1 Å². The van der Waals surface area contributed by atoms with Gasteiger partial charge in [0.1, 0.15) is 0 Å². The van der Waals surface area contributed by atoms with E-state index in [1.807, 2.05) is 0 Å². The average Bonchev–Trinajstić information content (AvgIpc) is 2.17. The van der Waals surface area contributed by atoms with Crippen LogP contribution >= 0.6 is 11.8 Å². The number of thioether (sulfide) groups is 1. The van der Waals surface area contributed by atoms with Gasteiger partial charge in [-0.25, -0.2) is 0 Å². The van der Waals surface area contributed by atoms with Crippen molar-refractivity contribution in [2.45, 2.75) is 23.9 Å². The Morgan fingerprint density at radius 2 is 1.62 bits per heavy atom. The fourth-order valence-electron chi connectivity index (χ4n) is 1.16. The molecule has 0 saturated carbocycles. The van der Waals surface area contributed by atoms with Crippen LogP contribution in [0.4, 0.5) is 22.0 Å². The molecule has 0 amide bonds. The first kappa shape index (κ1) is 13.3. The zero-order valence-corrected chi connectivity index (χ0v) is 9.13. The number of hydrogen-bond donors (Lipinski definition) is 0. The molecule has 1 rings (SSSR count). The summed E-state index contributed by atoms with van der Waals surface area (Å²) in [5, 5.41) is 0. The minimum atomic E-state index is -5.56. The Balaban J connectivity index is 3.21. The van der Waals surface area contributed by atoms with E-state index in [0.29, 0.717) is 5.75 Å². The van der Waals surface area contributed by atoms with Crippen molar-refractivity contribution >= 4 is 11.8 Å². The molecule has 0 atom stereocenters. The van der Waals surface area contributed by atoms with Gasteiger partial charge in [-0.2, -0.15) is 22.0 Å². The third kappa shape index (κ3) is 2.48. The highest BCUT2D eigenvalue weighted by molar-refractivity contribution is 7.99. The Labute approximate surface area is 93.8 Å². The van der Waals surface area contributed by atoms with Gasteiger partial charge in [-0.3, -0.25) is 0 Å². The molecule has 0 spiro atoms. The Bertz CT molecular complexity index is 358. The molecule has 1 aromatic carbocycles. The molecular formula is C10H9F5S. The number of halogens is 5. The predicted octanol–water partition coefficient (Wildman–Crippen LogP) is 4.45. The Morgan fingerprint density at radius 1 is 1.06 bits per heavy atom. The lowest BCUT2D eigenvalue weighted by Crippen LogP contribution is -2.34. The van der Waals surface area contributed by atoms with Crippen LogP contribution in [0.25, 0.3) is 0 Å². The minimum absolute atomic E-state index is 0.0349. The molecule has 0 aliphatic carbocycles. The normalized spacial score (nSPS) is 12.9. The fourth-order valence-corrected chi connectivity index (χ4v) is 2.00. The molecule has 0 heterocycles. The molecule has 0 aliphatic rings. The summed E-state index contributed by atoms with van der Waals surface area (Å²) < 4.78 is 62.8. The number of benzene rings is 1. The third-order valence-corrected chi connectivity index (χ3v) is 2.84. The Kier molecular flexibility index (Phi) is 3.83. The fraction of sp³-hybridized carbons (Fsp3) is 0.400. The highest BCUT2D eigenvalue weighted by atomic mass is 32.2. The molecule has 1 aromatic rings. The van der Waals surface area contributed by atoms with E-state index in [1.165, 1.54) is 18.2 Å². The van der Waals surface area contributed by atoms with Crippen LogP contribution in [0.1, 0.15) is 12.5 Å². The summed E-state index contributed by atoms with van der Waals surface area (Å²) in [6, 6.07) is 4.69. The Morgan fingerprint density at radius 3 is 2.12 bits per heavy atom. The first-order valence-electron chi connectivity index (χ1n) is 4.47. The lowest BCUT2D eigenvalue weighted by Gasteiger charge is -2.22. The van der Waals surface area contributed by atoms with E-state index in [4.69, 9.17) is 0 Å². The molecular weight excluding hydrogens is 247 g/mol. The van der Waals surface area contributed by atoms with E-state index in [2.05, 4.69) is 0 Å². The molecule has 90 valence electrons. The lowest BCUT2D eigenvalue weighted by atomic mass is 10.1. The van der Waals surface area contributed by atoms with E-state index in [-0.39, 0.29) is 4.90 Å². The highest BCUT2D eigenvalue weighted by Gasteiger charge is 2.59. The van der Waals surface area contributed by atoms with E-state index in [0.717, 1.165) is 17.8 Å². The van der Waals surface area contributed by atoms with Crippen molar-refractivity contribution in [1.29, 1.82) is 0 Å². The van der Waals surface area contributed by atoms with Gasteiger partial charge in [0.25, 0.3) is 0 Å². The molecule has 6 heteroatoms. The van der Waals surface area contributed by atoms with E-state index in [9.17, 15) is 22.0 Å². The van der Waals surface area contributed by atoms with Crippen molar-refractivity contribution in [3.05, 3.63) is 29.8 Å². The second-order valence-corrected chi connectivity index (χ2v) is 4.31. The van der Waals surface area contributed by atoms with Crippen molar-refractivity contribution in [2.24, 2.45) is 0 Å². The van der Waals surface area contributed by atoms with Crippen molar-refractivity contribution in [3.8, 4) is 0 Å².